The number of carboxylic acid groups (broad SMARTS) is 1. The van der Waals surface area contributed by atoms with Gasteiger partial charge in [0.2, 0.25) is 0 Å². The van der Waals surface area contributed by atoms with E-state index in [1.165, 1.54) is 6.07 Å². The van der Waals surface area contributed by atoms with Crippen LogP contribution in [0.5, 0.6) is 0 Å². The molecule has 13 heavy (non-hydrogen) atoms. The Morgan fingerprint density at radius 3 is 2.08 bits per heavy atom. The van der Waals surface area contributed by atoms with Gasteiger partial charge in [0.05, 0.1) is 5.56 Å². The van der Waals surface area contributed by atoms with Crippen molar-refractivity contribution in [2.24, 2.45) is 0 Å². The van der Waals surface area contributed by atoms with Crippen LogP contribution in [-0.4, -0.2) is 11.1 Å². The highest BCUT2D eigenvalue weighted by Crippen LogP contribution is 1.80. The standard InChI is InChI=1S/C11H10O2/c1-6-5-10(11(12)13)9(4)8(3)7(6)2/h5H,1-4H2,(H,12,13). The molecule has 0 saturated carbocycles. The number of benzene rings is 1. The molecule has 0 fully saturated rings. The van der Waals surface area contributed by atoms with Gasteiger partial charge in [0, 0.05) is 0 Å². The van der Waals surface area contributed by atoms with Crippen LogP contribution in [0.15, 0.2) is 6.07 Å². The first-order chi connectivity index (χ1) is 5.95. The van der Waals surface area contributed by atoms with E-state index < -0.39 is 5.97 Å². The van der Waals surface area contributed by atoms with Crippen molar-refractivity contribution in [2.75, 3.05) is 0 Å². The zero-order valence-corrected chi connectivity index (χ0v) is 7.26. The van der Waals surface area contributed by atoms with Crippen molar-refractivity contribution in [1.29, 1.82) is 0 Å². The van der Waals surface area contributed by atoms with Gasteiger partial charge in [-0.25, -0.2) is 4.79 Å². The molecule has 2 heteroatoms. The Morgan fingerprint density at radius 1 is 1.08 bits per heavy atom. The van der Waals surface area contributed by atoms with Gasteiger partial charge in [0.25, 0.3) is 0 Å². The van der Waals surface area contributed by atoms with Crippen molar-refractivity contribution in [3.63, 3.8) is 0 Å². The first kappa shape index (κ1) is 9.26. The molecule has 2 nitrogen and oxygen atoms in total. The van der Waals surface area contributed by atoms with Gasteiger partial charge in [-0.1, -0.05) is 26.3 Å². The van der Waals surface area contributed by atoms with Crippen molar-refractivity contribution < 1.29 is 9.90 Å². The smallest absolute Gasteiger partial charge is 0.336 e. The van der Waals surface area contributed by atoms with Gasteiger partial charge < -0.3 is 5.11 Å². The fraction of sp³-hybridized carbons (Fsp3) is 0. The van der Waals surface area contributed by atoms with E-state index in [2.05, 4.69) is 26.3 Å². The maximum absolute atomic E-state index is 10.7. The number of hydrogen-bond donors (Lipinski definition) is 1. The third-order valence-corrected chi connectivity index (χ3v) is 1.99. The molecule has 1 N–H and O–H groups in total. The summed E-state index contributed by atoms with van der Waals surface area (Å²) >= 11 is 0. The molecule has 0 aliphatic heterocycles. The normalized spacial score (nSPS) is 9.85. The van der Waals surface area contributed by atoms with Crippen LogP contribution in [0.4, 0.5) is 0 Å². The second-order valence-corrected chi connectivity index (χ2v) is 2.82. The summed E-state index contributed by atoms with van der Waals surface area (Å²) in [5.41, 5.74) is 0.141. The van der Waals surface area contributed by atoms with Gasteiger partial charge >= 0.3 is 5.97 Å². The molecule has 1 rings (SSSR count). The number of carbonyl (C=O) groups is 1. The molecule has 0 amide bonds. The Labute approximate surface area is 75.5 Å². The lowest BCUT2D eigenvalue weighted by Crippen LogP contribution is -2.47. The summed E-state index contributed by atoms with van der Waals surface area (Å²) in [5, 5.41) is 11.0. The van der Waals surface area contributed by atoms with E-state index in [9.17, 15) is 4.79 Å². The van der Waals surface area contributed by atoms with Crippen LogP contribution in [0.3, 0.4) is 0 Å². The maximum atomic E-state index is 10.7. The minimum Gasteiger partial charge on any atom is -0.478 e. The molecule has 0 saturated heterocycles. The van der Waals surface area contributed by atoms with Gasteiger partial charge in [-0.15, -0.1) is 0 Å². The first-order valence-corrected chi connectivity index (χ1v) is 3.67. The van der Waals surface area contributed by atoms with Crippen LogP contribution in [-0.2, 0) is 0 Å². The van der Waals surface area contributed by atoms with Gasteiger partial charge in [0.1, 0.15) is 0 Å². The summed E-state index contributed by atoms with van der Waals surface area (Å²) in [6.45, 7) is 14.7. The quantitative estimate of drug-likeness (QED) is 0.594. The maximum Gasteiger partial charge on any atom is 0.336 e. The molecule has 1 aromatic carbocycles. The number of aromatic carboxylic acids is 1. The summed E-state index contributed by atoms with van der Waals surface area (Å²) in [6, 6.07) is 1.46. The first-order valence-electron chi connectivity index (χ1n) is 3.67. The second-order valence-electron chi connectivity index (χ2n) is 2.82. The van der Waals surface area contributed by atoms with Crippen LogP contribution in [0.25, 0.3) is 26.3 Å². The minimum atomic E-state index is -1.01. The molecular formula is C11H10O2. The average Bonchev–Trinajstić information content (AvgIpc) is 2.07. The van der Waals surface area contributed by atoms with E-state index in [0.717, 1.165) is 0 Å². The van der Waals surface area contributed by atoms with E-state index in [1.807, 2.05) is 0 Å². The minimum absolute atomic E-state index is 0.141. The van der Waals surface area contributed by atoms with Crippen LogP contribution >= 0.6 is 0 Å². The predicted molar refractivity (Wildman–Crippen MR) is 54.0 cm³/mol. The van der Waals surface area contributed by atoms with Crippen molar-refractivity contribution >= 4 is 32.3 Å². The van der Waals surface area contributed by atoms with E-state index in [1.54, 1.807) is 0 Å². The third kappa shape index (κ3) is 1.38. The van der Waals surface area contributed by atoms with Gasteiger partial charge in [-0.05, 0) is 26.9 Å². The zero-order chi connectivity index (χ0) is 10.2. The summed E-state index contributed by atoms with van der Waals surface area (Å²) in [6.07, 6.45) is 0. The molecule has 66 valence electrons. The molecule has 0 aromatic heterocycles. The second kappa shape index (κ2) is 2.90. The molecule has 0 unspecified atom stereocenters. The van der Waals surface area contributed by atoms with Crippen LogP contribution in [0.1, 0.15) is 10.4 Å². The van der Waals surface area contributed by atoms with E-state index in [0.29, 0.717) is 20.9 Å². The van der Waals surface area contributed by atoms with E-state index in [-0.39, 0.29) is 5.56 Å². The summed E-state index contributed by atoms with van der Waals surface area (Å²) in [5.74, 6) is -1.01. The Kier molecular flexibility index (Phi) is 2.07. The SMILES string of the molecule is C=c1cc(C(=O)O)c(=C)c(=C)c1=C. The molecule has 0 heterocycles. The third-order valence-electron chi connectivity index (χ3n) is 1.99. The van der Waals surface area contributed by atoms with Gasteiger partial charge in [-0.2, -0.15) is 0 Å². The Hall–Kier alpha value is -1.83. The highest BCUT2D eigenvalue weighted by atomic mass is 16.4. The van der Waals surface area contributed by atoms with Crippen LogP contribution in [0, 0.1) is 0 Å². The molecular weight excluding hydrogens is 164 g/mol. The monoisotopic (exact) mass is 174 g/mol. The highest BCUT2D eigenvalue weighted by molar-refractivity contribution is 5.87. The Balaban J connectivity index is 3.93. The topological polar surface area (TPSA) is 37.3 Å². The van der Waals surface area contributed by atoms with Crippen molar-refractivity contribution in [1.82, 2.24) is 0 Å². The molecule has 0 aliphatic rings. The lowest BCUT2D eigenvalue weighted by atomic mass is 10.1. The molecule has 1 aromatic rings. The highest BCUT2D eigenvalue weighted by Gasteiger charge is 2.03. The molecule has 0 atom stereocenters. The van der Waals surface area contributed by atoms with Crippen molar-refractivity contribution in [3.05, 3.63) is 32.5 Å². The number of carboxylic acids is 1. The zero-order valence-electron chi connectivity index (χ0n) is 7.26. The number of hydrogen-bond acceptors (Lipinski definition) is 1. The van der Waals surface area contributed by atoms with Crippen LogP contribution < -0.4 is 20.9 Å². The molecule has 0 spiro atoms. The van der Waals surface area contributed by atoms with Gasteiger partial charge in [0.15, 0.2) is 0 Å². The summed E-state index contributed by atoms with van der Waals surface area (Å²) < 4.78 is 0. The number of rotatable bonds is 1. The fourth-order valence-corrected chi connectivity index (χ4v) is 1.08. The lowest BCUT2D eigenvalue weighted by Gasteiger charge is -1.96. The molecule has 0 radical (unpaired) electrons. The van der Waals surface area contributed by atoms with Gasteiger partial charge in [-0.3, -0.25) is 0 Å². The van der Waals surface area contributed by atoms with Crippen molar-refractivity contribution in [2.45, 2.75) is 0 Å². The predicted octanol–water partition coefficient (Wildman–Crippen LogP) is -0.974. The molecule has 0 bridgehead atoms. The summed E-state index contributed by atoms with van der Waals surface area (Å²) in [4.78, 5) is 10.7. The largest absolute Gasteiger partial charge is 0.478 e. The lowest BCUT2D eigenvalue weighted by molar-refractivity contribution is 0.0695. The Morgan fingerprint density at radius 2 is 1.62 bits per heavy atom. The van der Waals surface area contributed by atoms with E-state index >= 15 is 0 Å². The van der Waals surface area contributed by atoms with Crippen molar-refractivity contribution in [3.8, 4) is 0 Å². The van der Waals surface area contributed by atoms with E-state index in [4.69, 9.17) is 5.11 Å². The average molecular weight is 174 g/mol. The van der Waals surface area contributed by atoms with Crippen LogP contribution in [0.2, 0.25) is 0 Å². The Bertz CT molecular complexity index is 555. The summed E-state index contributed by atoms with van der Waals surface area (Å²) in [7, 11) is 0. The molecule has 0 aliphatic carbocycles. The fourth-order valence-electron chi connectivity index (χ4n) is 1.08.